The minimum Gasteiger partial charge on any atom is -0.395 e. The van der Waals surface area contributed by atoms with Crippen molar-refractivity contribution in [2.75, 3.05) is 6.61 Å². The first kappa shape index (κ1) is 17.3. The summed E-state index contributed by atoms with van der Waals surface area (Å²) in [5, 5.41) is 10.1. The Bertz CT molecular complexity index is 778. The zero-order valence-electron chi connectivity index (χ0n) is 13.7. The van der Waals surface area contributed by atoms with Crippen LogP contribution in [0.25, 0.3) is 0 Å². The van der Waals surface area contributed by atoms with E-state index in [0.29, 0.717) is 0 Å². The highest BCUT2D eigenvalue weighted by molar-refractivity contribution is 9.10. The van der Waals surface area contributed by atoms with Gasteiger partial charge in [0.25, 0.3) is 0 Å². The summed E-state index contributed by atoms with van der Waals surface area (Å²) in [5.74, 6) is 0.139. The maximum Gasteiger partial charge on any atom is 0.0971 e. The van der Waals surface area contributed by atoms with Crippen molar-refractivity contribution in [2.45, 2.75) is 24.0 Å². The van der Waals surface area contributed by atoms with E-state index in [2.05, 4.69) is 40.2 Å². The monoisotopic (exact) mass is 418 g/mol. The summed E-state index contributed by atoms with van der Waals surface area (Å²) in [6, 6.07) is 18.3. The van der Waals surface area contributed by atoms with Gasteiger partial charge in [-0.3, -0.25) is 0 Å². The van der Waals surface area contributed by atoms with Crippen LogP contribution < -0.4 is 0 Å². The molecule has 1 aliphatic carbocycles. The van der Waals surface area contributed by atoms with Gasteiger partial charge in [0.15, 0.2) is 0 Å². The lowest BCUT2D eigenvalue weighted by Gasteiger charge is -2.53. The van der Waals surface area contributed by atoms with E-state index in [-0.39, 0.29) is 30.1 Å². The van der Waals surface area contributed by atoms with Crippen molar-refractivity contribution < 1.29 is 9.84 Å². The van der Waals surface area contributed by atoms with Crippen LogP contribution in [-0.4, -0.2) is 17.1 Å². The predicted octanol–water partition coefficient (Wildman–Crippen LogP) is 5.42. The van der Waals surface area contributed by atoms with Crippen molar-refractivity contribution in [1.29, 1.82) is 0 Å². The highest BCUT2D eigenvalue weighted by Crippen LogP contribution is 2.59. The summed E-state index contributed by atoms with van der Waals surface area (Å²) in [6.45, 7) is -0.0400. The molecule has 1 heterocycles. The predicted molar refractivity (Wildman–Crippen MR) is 104 cm³/mol. The zero-order valence-corrected chi connectivity index (χ0v) is 16.0. The summed E-state index contributed by atoms with van der Waals surface area (Å²) in [7, 11) is 0. The normalized spacial score (nSPS) is 34.0. The van der Waals surface area contributed by atoms with Crippen molar-refractivity contribution in [3.05, 3.63) is 82.3 Å². The van der Waals surface area contributed by atoms with Crippen molar-refractivity contribution in [3.8, 4) is 0 Å². The molecule has 0 aromatic heterocycles. The summed E-state index contributed by atoms with van der Waals surface area (Å²) >= 11 is 10.6. The molecule has 2 aromatic carbocycles. The van der Waals surface area contributed by atoms with Gasteiger partial charge in [0.05, 0.1) is 29.6 Å². The molecule has 130 valence electrons. The molecule has 0 saturated carbocycles. The maximum atomic E-state index is 10.3. The zero-order chi connectivity index (χ0) is 17.4. The SMILES string of the molecule is OC[C@@]12C=CC[C@@H]([C@H]1Cl)[C@H](c1ccccc1)O[C@@H]2c1ccccc1Br. The Hall–Kier alpha value is -1.13. The first-order valence-corrected chi connectivity index (χ1v) is 9.78. The molecule has 0 spiro atoms. The fourth-order valence-corrected chi connectivity index (χ4v) is 5.16. The Morgan fingerprint density at radius 2 is 1.84 bits per heavy atom. The quantitative estimate of drug-likeness (QED) is 0.531. The Labute approximate surface area is 161 Å². The van der Waals surface area contributed by atoms with Crippen LogP contribution in [0.1, 0.15) is 29.8 Å². The van der Waals surface area contributed by atoms with Crippen molar-refractivity contribution in [1.82, 2.24) is 0 Å². The molecular formula is C21H20BrClO2. The van der Waals surface area contributed by atoms with E-state index >= 15 is 0 Å². The average molecular weight is 420 g/mol. The van der Waals surface area contributed by atoms with E-state index in [0.717, 1.165) is 22.0 Å². The molecule has 4 heteroatoms. The summed E-state index contributed by atoms with van der Waals surface area (Å²) in [5.41, 5.74) is 1.55. The third-order valence-corrected chi connectivity index (χ3v) is 6.93. The fourth-order valence-electron chi connectivity index (χ4n) is 4.18. The van der Waals surface area contributed by atoms with Gasteiger partial charge in [0, 0.05) is 10.4 Å². The molecule has 0 unspecified atom stereocenters. The lowest BCUT2D eigenvalue weighted by molar-refractivity contribution is -0.161. The van der Waals surface area contributed by atoms with Crippen LogP contribution in [0, 0.1) is 11.3 Å². The van der Waals surface area contributed by atoms with Crippen LogP contribution in [0.15, 0.2) is 71.2 Å². The van der Waals surface area contributed by atoms with Crippen molar-refractivity contribution in [2.24, 2.45) is 11.3 Å². The molecule has 2 bridgehead atoms. The first-order valence-electron chi connectivity index (χ1n) is 8.55. The number of halogens is 2. The van der Waals surface area contributed by atoms with E-state index in [1.54, 1.807) is 0 Å². The van der Waals surface area contributed by atoms with Crippen LogP contribution in [0.2, 0.25) is 0 Å². The van der Waals surface area contributed by atoms with Gasteiger partial charge >= 0.3 is 0 Å². The second-order valence-corrected chi connectivity index (χ2v) is 8.17. The Morgan fingerprint density at radius 3 is 2.56 bits per heavy atom. The van der Waals surface area contributed by atoms with E-state index in [1.165, 1.54) is 0 Å². The van der Waals surface area contributed by atoms with Crippen LogP contribution in [0.5, 0.6) is 0 Å². The number of benzene rings is 2. The molecule has 2 aromatic rings. The molecule has 25 heavy (non-hydrogen) atoms. The molecule has 2 nitrogen and oxygen atoms in total. The molecule has 0 amide bonds. The molecule has 0 radical (unpaired) electrons. The van der Waals surface area contributed by atoms with Gasteiger partial charge in [-0.05, 0) is 23.6 Å². The number of hydrogen-bond acceptors (Lipinski definition) is 2. The smallest absolute Gasteiger partial charge is 0.0971 e. The number of alkyl halides is 1. The Kier molecular flexibility index (Phi) is 4.76. The number of fused-ring (bicyclic) bond motifs is 2. The molecule has 1 saturated heterocycles. The van der Waals surface area contributed by atoms with Gasteiger partial charge in [0.2, 0.25) is 0 Å². The Morgan fingerprint density at radius 1 is 1.12 bits per heavy atom. The largest absolute Gasteiger partial charge is 0.395 e. The lowest BCUT2D eigenvalue weighted by Crippen LogP contribution is -2.52. The summed E-state index contributed by atoms with van der Waals surface area (Å²) < 4.78 is 7.62. The van der Waals surface area contributed by atoms with Crippen molar-refractivity contribution in [3.63, 3.8) is 0 Å². The third-order valence-electron chi connectivity index (χ3n) is 5.48. The second-order valence-electron chi connectivity index (χ2n) is 6.84. The number of rotatable bonds is 3. The number of hydrogen-bond donors (Lipinski definition) is 1. The number of allylic oxidation sites excluding steroid dienone is 1. The summed E-state index contributed by atoms with van der Waals surface area (Å²) in [6.07, 6.45) is 4.67. The number of aliphatic hydroxyl groups is 1. The third kappa shape index (κ3) is 2.78. The van der Waals surface area contributed by atoms with Crippen LogP contribution in [-0.2, 0) is 4.74 Å². The molecule has 1 N–H and O–H groups in total. The van der Waals surface area contributed by atoms with Crippen LogP contribution >= 0.6 is 27.5 Å². The van der Waals surface area contributed by atoms with Gasteiger partial charge in [-0.2, -0.15) is 0 Å². The second kappa shape index (κ2) is 6.88. The fraction of sp³-hybridized carbons (Fsp3) is 0.333. The molecule has 1 aliphatic heterocycles. The van der Waals surface area contributed by atoms with Gasteiger partial charge in [-0.25, -0.2) is 0 Å². The Balaban J connectivity index is 1.84. The van der Waals surface area contributed by atoms with Crippen LogP contribution in [0.4, 0.5) is 0 Å². The molecule has 1 fully saturated rings. The molecular weight excluding hydrogens is 400 g/mol. The average Bonchev–Trinajstić information content (AvgIpc) is 2.64. The highest BCUT2D eigenvalue weighted by Gasteiger charge is 2.56. The minimum atomic E-state index is -0.611. The standard InChI is InChI=1S/C21H20BrClO2/c22-17-11-5-4-9-15(17)20-21(13-24)12-6-10-16(19(21)23)18(25-20)14-7-2-1-3-8-14/h1-9,11-12,16,18-20,24H,10,13H2/t16-,18+,19-,20-,21+/m1/s1. The van der Waals surface area contributed by atoms with E-state index in [9.17, 15) is 5.11 Å². The lowest BCUT2D eigenvalue weighted by atomic mass is 9.64. The molecule has 2 aliphatic rings. The van der Waals surface area contributed by atoms with Gasteiger partial charge in [0.1, 0.15) is 0 Å². The van der Waals surface area contributed by atoms with Gasteiger partial charge in [-0.15, -0.1) is 11.6 Å². The highest BCUT2D eigenvalue weighted by atomic mass is 79.9. The van der Waals surface area contributed by atoms with E-state index in [1.807, 2.05) is 42.5 Å². The summed E-state index contributed by atoms with van der Waals surface area (Å²) in [4.78, 5) is 0. The van der Waals surface area contributed by atoms with Gasteiger partial charge < -0.3 is 9.84 Å². The first-order chi connectivity index (χ1) is 12.2. The number of aliphatic hydroxyl groups excluding tert-OH is 1. The topological polar surface area (TPSA) is 29.5 Å². The minimum absolute atomic E-state index is 0.0400. The van der Waals surface area contributed by atoms with Crippen LogP contribution in [0.3, 0.4) is 0 Å². The molecule has 5 atom stereocenters. The van der Waals surface area contributed by atoms with Crippen molar-refractivity contribution >= 4 is 27.5 Å². The van der Waals surface area contributed by atoms with Gasteiger partial charge in [-0.1, -0.05) is 76.6 Å². The number of ether oxygens (including phenoxy) is 1. The van der Waals surface area contributed by atoms with E-state index in [4.69, 9.17) is 16.3 Å². The maximum absolute atomic E-state index is 10.3. The molecule has 4 rings (SSSR count). The van der Waals surface area contributed by atoms with E-state index < -0.39 is 5.41 Å².